The number of rotatable bonds is 4. The smallest absolute Gasteiger partial charge is 0.238 e. The molecule has 0 amide bonds. The summed E-state index contributed by atoms with van der Waals surface area (Å²) in [4.78, 5) is 0.107. The summed E-state index contributed by atoms with van der Waals surface area (Å²) in [7, 11) is -2.20. The van der Waals surface area contributed by atoms with Gasteiger partial charge in [-0.15, -0.1) is 0 Å². The maximum atomic E-state index is 11.6. The van der Waals surface area contributed by atoms with Crippen LogP contribution in [0.25, 0.3) is 0 Å². The van der Waals surface area contributed by atoms with Crippen molar-refractivity contribution in [3.8, 4) is 5.75 Å². The zero-order valence-corrected chi connectivity index (χ0v) is 12.5. The Hall–Kier alpha value is -1.85. The molecule has 2 N–H and O–H groups in total. The van der Waals surface area contributed by atoms with Crippen LogP contribution in [0.4, 0.5) is 0 Å². The molecular weight excluding hydrogens is 286 g/mol. The Morgan fingerprint density at radius 2 is 1.71 bits per heavy atom. The van der Waals surface area contributed by atoms with Gasteiger partial charge >= 0.3 is 0 Å². The molecule has 0 heterocycles. The van der Waals surface area contributed by atoms with Gasteiger partial charge in [0.1, 0.15) is 5.75 Å². The van der Waals surface area contributed by atoms with Crippen LogP contribution < -0.4 is 9.88 Å². The van der Waals surface area contributed by atoms with E-state index in [1.165, 1.54) is 18.7 Å². The maximum Gasteiger partial charge on any atom is 0.238 e. The van der Waals surface area contributed by atoms with Crippen molar-refractivity contribution in [2.75, 3.05) is 7.11 Å². The average Bonchev–Trinajstić information content (AvgIpc) is 3.27. The second-order valence-corrected chi connectivity index (χ2v) is 6.91. The largest absolute Gasteiger partial charge is 0.497 e. The Balaban J connectivity index is 1.94. The fourth-order valence-electron chi connectivity index (χ4n) is 2.72. The van der Waals surface area contributed by atoms with E-state index in [2.05, 4.69) is 12.1 Å². The Morgan fingerprint density at radius 3 is 2.33 bits per heavy atom. The number of hydrogen-bond donors (Lipinski definition) is 1. The summed E-state index contributed by atoms with van der Waals surface area (Å²) >= 11 is 0. The highest BCUT2D eigenvalue weighted by atomic mass is 32.2. The van der Waals surface area contributed by atoms with Crippen LogP contribution in [0, 0.1) is 0 Å². The molecule has 5 heteroatoms. The molecule has 0 saturated heterocycles. The molecule has 0 aliphatic heterocycles. The lowest BCUT2D eigenvalue weighted by Crippen LogP contribution is -2.12. The quantitative estimate of drug-likeness (QED) is 0.944. The van der Waals surface area contributed by atoms with Crippen LogP contribution in [0.5, 0.6) is 5.75 Å². The van der Waals surface area contributed by atoms with Crippen molar-refractivity contribution < 1.29 is 13.2 Å². The highest BCUT2D eigenvalue weighted by Crippen LogP contribution is 2.55. The summed E-state index contributed by atoms with van der Waals surface area (Å²) in [5.41, 5.74) is 2.25. The third-order valence-electron chi connectivity index (χ3n) is 3.91. The lowest BCUT2D eigenvalue weighted by atomic mass is 10.0. The van der Waals surface area contributed by atoms with Gasteiger partial charge in [0, 0.05) is 6.07 Å². The van der Waals surface area contributed by atoms with E-state index in [1.807, 2.05) is 24.3 Å². The van der Waals surface area contributed by atoms with Crippen LogP contribution in [0.1, 0.15) is 29.4 Å². The van der Waals surface area contributed by atoms with Crippen LogP contribution >= 0.6 is 0 Å². The number of ether oxygens (including phenoxy) is 1. The van der Waals surface area contributed by atoms with E-state index in [1.54, 1.807) is 6.07 Å². The van der Waals surface area contributed by atoms with Crippen LogP contribution in [-0.4, -0.2) is 15.5 Å². The molecule has 0 radical (unpaired) electrons. The lowest BCUT2D eigenvalue weighted by molar-refractivity contribution is 0.413. The van der Waals surface area contributed by atoms with Crippen molar-refractivity contribution in [2.24, 2.45) is 5.14 Å². The Labute approximate surface area is 124 Å². The Morgan fingerprint density at radius 1 is 1.05 bits per heavy atom. The Kier molecular flexibility index (Phi) is 3.47. The molecule has 0 aromatic heterocycles. The minimum Gasteiger partial charge on any atom is -0.497 e. The third kappa shape index (κ3) is 2.94. The first kappa shape index (κ1) is 14.1. The molecule has 1 fully saturated rings. The first-order valence-electron chi connectivity index (χ1n) is 6.76. The standard InChI is InChI=1S/C16H17NO3S/c1-20-13-7-12(8-14(9-13)21(17,18)19)16-10-15(16)11-5-3-2-4-6-11/h2-9,15-16H,10H2,1H3,(H2,17,18,19)/t15-,16-/m0/s1. The van der Waals surface area contributed by atoms with Crippen molar-refractivity contribution in [3.63, 3.8) is 0 Å². The minimum absolute atomic E-state index is 0.107. The monoisotopic (exact) mass is 303 g/mol. The van der Waals surface area contributed by atoms with Crippen LogP contribution in [0.2, 0.25) is 0 Å². The molecular formula is C16H17NO3S. The molecule has 2 aromatic carbocycles. The molecule has 1 aliphatic carbocycles. The Bertz CT molecular complexity index is 756. The van der Waals surface area contributed by atoms with Crippen LogP contribution in [-0.2, 0) is 10.0 Å². The van der Waals surface area contributed by atoms with Crippen molar-refractivity contribution in [3.05, 3.63) is 59.7 Å². The third-order valence-corrected chi connectivity index (χ3v) is 4.81. The summed E-state index contributed by atoms with van der Waals surface area (Å²) < 4.78 is 28.3. The molecule has 3 rings (SSSR count). The first-order valence-corrected chi connectivity index (χ1v) is 8.30. The molecule has 0 bridgehead atoms. The van der Waals surface area contributed by atoms with Gasteiger partial charge in [-0.05, 0) is 41.5 Å². The van der Waals surface area contributed by atoms with Gasteiger partial charge in [0.15, 0.2) is 0 Å². The number of nitrogens with two attached hydrogens (primary N) is 1. The summed E-state index contributed by atoms with van der Waals surface area (Å²) in [5, 5.41) is 5.23. The second kappa shape index (κ2) is 5.16. The van der Waals surface area contributed by atoms with Gasteiger partial charge in [0.05, 0.1) is 12.0 Å². The zero-order valence-electron chi connectivity index (χ0n) is 11.7. The summed E-state index contributed by atoms with van der Waals surface area (Å²) in [5.74, 6) is 1.28. The molecule has 0 unspecified atom stereocenters. The molecule has 2 aromatic rings. The molecule has 1 aliphatic rings. The number of methoxy groups -OCH3 is 1. The molecule has 110 valence electrons. The fourth-order valence-corrected chi connectivity index (χ4v) is 3.30. The van der Waals surface area contributed by atoms with Gasteiger partial charge < -0.3 is 4.74 Å². The molecule has 21 heavy (non-hydrogen) atoms. The van der Waals surface area contributed by atoms with E-state index >= 15 is 0 Å². The number of hydrogen-bond acceptors (Lipinski definition) is 3. The van der Waals surface area contributed by atoms with Crippen molar-refractivity contribution in [1.82, 2.24) is 0 Å². The lowest BCUT2D eigenvalue weighted by Gasteiger charge is -2.08. The summed E-state index contributed by atoms with van der Waals surface area (Å²) in [6, 6.07) is 15.2. The van der Waals surface area contributed by atoms with Gasteiger partial charge in [0.2, 0.25) is 10.0 Å². The maximum absolute atomic E-state index is 11.6. The normalized spacial score (nSPS) is 21.0. The van der Waals surface area contributed by atoms with Gasteiger partial charge in [-0.25, -0.2) is 13.6 Å². The molecule has 1 saturated carbocycles. The molecule has 4 nitrogen and oxygen atoms in total. The van der Waals surface area contributed by atoms with E-state index < -0.39 is 10.0 Å². The minimum atomic E-state index is -3.73. The van der Waals surface area contributed by atoms with Gasteiger partial charge in [-0.3, -0.25) is 0 Å². The topological polar surface area (TPSA) is 69.4 Å². The van der Waals surface area contributed by atoms with E-state index in [0.29, 0.717) is 17.6 Å². The van der Waals surface area contributed by atoms with E-state index in [0.717, 1.165) is 12.0 Å². The predicted octanol–water partition coefficient (Wildman–Crippen LogP) is 2.61. The van der Waals surface area contributed by atoms with Crippen molar-refractivity contribution >= 4 is 10.0 Å². The van der Waals surface area contributed by atoms with E-state index in [9.17, 15) is 8.42 Å². The first-order chi connectivity index (χ1) is 9.99. The molecule has 0 spiro atoms. The second-order valence-electron chi connectivity index (χ2n) is 5.35. The number of benzene rings is 2. The van der Waals surface area contributed by atoms with Gasteiger partial charge in [0.25, 0.3) is 0 Å². The van der Waals surface area contributed by atoms with Gasteiger partial charge in [-0.2, -0.15) is 0 Å². The van der Waals surface area contributed by atoms with Crippen molar-refractivity contribution in [1.29, 1.82) is 0 Å². The zero-order chi connectivity index (χ0) is 15.0. The van der Waals surface area contributed by atoms with Crippen LogP contribution in [0.15, 0.2) is 53.4 Å². The average molecular weight is 303 g/mol. The summed E-state index contributed by atoms with van der Waals surface area (Å²) in [6.45, 7) is 0. The van der Waals surface area contributed by atoms with Crippen LogP contribution in [0.3, 0.4) is 0 Å². The molecule has 2 atom stereocenters. The van der Waals surface area contributed by atoms with Gasteiger partial charge in [-0.1, -0.05) is 30.3 Å². The highest BCUT2D eigenvalue weighted by molar-refractivity contribution is 7.89. The van der Waals surface area contributed by atoms with E-state index in [-0.39, 0.29) is 4.90 Å². The van der Waals surface area contributed by atoms with E-state index in [4.69, 9.17) is 9.88 Å². The number of sulfonamides is 1. The van der Waals surface area contributed by atoms with Crippen molar-refractivity contribution in [2.45, 2.75) is 23.2 Å². The number of primary sulfonamides is 1. The SMILES string of the molecule is COc1cc([C@@H]2C[C@H]2c2ccccc2)cc(S(N)(=O)=O)c1. The highest BCUT2D eigenvalue weighted by Gasteiger charge is 2.39. The summed E-state index contributed by atoms with van der Waals surface area (Å²) in [6.07, 6.45) is 1.02. The fraction of sp³-hybridized carbons (Fsp3) is 0.250. The predicted molar refractivity (Wildman–Crippen MR) is 80.9 cm³/mol.